The maximum Gasteiger partial charge on any atom is 0.262 e. The molecule has 2 aromatic rings. The van der Waals surface area contributed by atoms with Gasteiger partial charge in [0.25, 0.3) is 5.56 Å². The number of hydrogen-bond donors (Lipinski definition) is 0. The van der Waals surface area contributed by atoms with Crippen molar-refractivity contribution in [2.45, 2.75) is 34.8 Å². The minimum atomic E-state index is -0.575. The zero-order valence-corrected chi connectivity index (χ0v) is 13.6. The number of aromatic nitrogens is 2. The Morgan fingerprint density at radius 2 is 2.05 bits per heavy atom. The molecule has 110 valence electrons. The van der Waals surface area contributed by atoms with Gasteiger partial charge in [0, 0.05) is 17.7 Å². The number of hydrogen-bond acceptors (Lipinski definition) is 3. The van der Waals surface area contributed by atoms with Gasteiger partial charge in [0.05, 0.1) is 10.9 Å². The van der Waals surface area contributed by atoms with Crippen LogP contribution in [-0.4, -0.2) is 19.6 Å². The lowest BCUT2D eigenvalue weighted by Gasteiger charge is -2.12. The zero-order chi connectivity index (χ0) is 14.6. The van der Waals surface area contributed by atoms with E-state index in [0.717, 1.165) is 35.7 Å². The highest BCUT2D eigenvalue weighted by molar-refractivity contribution is 7.99. The van der Waals surface area contributed by atoms with Crippen molar-refractivity contribution in [1.82, 2.24) is 9.55 Å². The van der Waals surface area contributed by atoms with Crippen molar-refractivity contribution >= 4 is 45.9 Å². The summed E-state index contributed by atoms with van der Waals surface area (Å²) in [5, 5.41) is 1.50. The standard InChI is InChI=1S/C15H14Cl2N2OS/c16-15(17)7-9(15)8-21-14-18-12-4-2-1-3-11(12)13(20)19(14)10-5-6-10/h1-4,9-10H,5-8H2. The second-order valence-electron chi connectivity index (χ2n) is 5.79. The fourth-order valence-electron chi connectivity index (χ4n) is 2.51. The van der Waals surface area contributed by atoms with Gasteiger partial charge < -0.3 is 0 Å². The van der Waals surface area contributed by atoms with Crippen LogP contribution in [0.2, 0.25) is 0 Å². The Hall–Kier alpha value is -0.710. The van der Waals surface area contributed by atoms with Gasteiger partial charge in [0.15, 0.2) is 5.16 Å². The molecule has 6 heteroatoms. The Bertz CT molecular complexity index is 770. The Morgan fingerprint density at radius 3 is 2.71 bits per heavy atom. The molecule has 0 N–H and O–H groups in total. The Kier molecular flexibility index (Phi) is 3.25. The lowest BCUT2D eigenvalue weighted by molar-refractivity contribution is 0.617. The van der Waals surface area contributed by atoms with Crippen LogP contribution >= 0.6 is 35.0 Å². The van der Waals surface area contributed by atoms with Crippen LogP contribution in [0.5, 0.6) is 0 Å². The predicted octanol–water partition coefficient (Wildman–Crippen LogP) is 4.02. The average Bonchev–Trinajstić information content (AvgIpc) is 3.35. The summed E-state index contributed by atoms with van der Waals surface area (Å²) in [5.41, 5.74) is 0.838. The molecule has 0 radical (unpaired) electrons. The van der Waals surface area contributed by atoms with E-state index in [1.54, 1.807) is 11.8 Å². The number of alkyl halides is 2. The van der Waals surface area contributed by atoms with Crippen LogP contribution in [0.1, 0.15) is 25.3 Å². The molecule has 1 heterocycles. The third-order valence-electron chi connectivity index (χ3n) is 4.06. The molecule has 0 bridgehead atoms. The Balaban J connectivity index is 1.72. The smallest absolute Gasteiger partial charge is 0.262 e. The second kappa shape index (κ2) is 4.90. The van der Waals surface area contributed by atoms with Gasteiger partial charge in [-0.25, -0.2) is 4.98 Å². The molecule has 0 saturated heterocycles. The molecule has 2 fully saturated rings. The van der Waals surface area contributed by atoms with Gasteiger partial charge in [0.2, 0.25) is 0 Å². The molecule has 4 rings (SSSR count). The van der Waals surface area contributed by atoms with Gasteiger partial charge >= 0.3 is 0 Å². The van der Waals surface area contributed by atoms with Crippen molar-refractivity contribution < 1.29 is 0 Å². The molecule has 2 aliphatic rings. The van der Waals surface area contributed by atoms with Crippen molar-refractivity contribution in [1.29, 1.82) is 0 Å². The van der Waals surface area contributed by atoms with Crippen LogP contribution in [0.3, 0.4) is 0 Å². The highest BCUT2D eigenvalue weighted by atomic mass is 35.5. The van der Waals surface area contributed by atoms with E-state index >= 15 is 0 Å². The van der Waals surface area contributed by atoms with E-state index in [-0.39, 0.29) is 5.56 Å². The highest BCUT2D eigenvalue weighted by Crippen LogP contribution is 2.54. The van der Waals surface area contributed by atoms with Crippen LogP contribution in [-0.2, 0) is 0 Å². The van der Waals surface area contributed by atoms with Gasteiger partial charge in [-0.15, -0.1) is 23.2 Å². The molecule has 0 spiro atoms. The quantitative estimate of drug-likeness (QED) is 0.479. The van der Waals surface area contributed by atoms with E-state index in [1.807, 2.05) is 28.8 Å². The molecule has 0 amide bonds. The van der Waals surface area contributed by atoms with E-state index in [4.69, 9.17) is 23.2 Å². The molecule has 1 aromatic heterocycles. The minimum absolute atomic E-state index is 0.0735. The summed E-state index contributed by atoms with van der Waals surface area (Å²) in [6, 6.07) is 7.85. The molecule has 1 unspecified atom stereocenters. The van der Waals surface area contributed by atoms with E-state index in [0.29, 0.717) is 17.3 Å². The SMILES string of the molecule is O=c1c2ccccc2nc(SCC2CC2(Cl)Cl)n1C1CC1. The predicted molar refractivity (Wildman–Crippen MR) is 87.5 cm³/mol. The number of halogens is 2. The van der Waals surface area contributed by atoms with Gasteiger partial charge in [-0.3, -0.25) is 9.36 Å². The maximum absolute atomic E-state index is 12.7. The molecular formula is C15H14Cl2N2OS. The fraction of sp³-hybridized carbons (Fsp3) is 0.467. The summed E-state index contributed by atoms with van der Waals surface area (Å²) in [6.45, 7) is 0. The largest absolute Gasteiger partial charge is 0.284 e. The van der Waals surface area contributed by atoms with Gasteiger partial charge in [-0.2, -0.15) is 0 Å². The topological polar surface area (TPSA) is 34.9 Å². The van der Waals surface area contributed by atoms with Crippen molar-refractivity contribution in [3.8, 4) is 0 Å². The Labute approximate surface area is 136 Å². The maximum atomic E-state index is 12.7. The monoisotopic (exact) mass is 340 g/mol. The minimum Gasteiger partial charge on any atom is -0.284 e. The first-order chi connectivity index (χ1) is 10.1. The molecule has 1 aromatic carbocycles. The fourth-order valence-corrected chi connectivity index (χ4v) is 4.50. The lowest BCUT2D eigenvalue weighted by Crippen LogP contribution is -2.22. The molecule has 0 aliphatic heterocycles. The summed E-state index contributed by atoms with van der Waals surface area (Å²) in [6.07, 6.45) is 2.95. The molecular weight excluding hydrogens is 327 g/mol. The molecule has 2 aliphatic carbocycles. The van der Waals surface area contributed by atoms with Crippen LogP contribution in [0.25, 0.3) is 10.9 Å². The van der Waals surface area contributed by atoms with E-state index in [9.17, 15) is 4.79 Å². The Morgan fingerprint density at radius 1 is 1.33 bits per heavy atom. The summed E-state index contributed by atoms with van der Waals surface area (Å²) in [7, 11) is 0. The van der Waals surface area contributed by atoms with Crippen molar-refractivity contribution in [3.63, 3.8) is 0 Å². The molecule has 2 saturated carbocycles. The number of para-hydroxylation sites is 1. The first kappa shape index (κ1) is 13.9. The van der Waals surface area contributed by atoms with Gasteiger partial charge in [-0.1, -0.05) is 23.9 Å². The van der Waals surface area contributed by atoms with Crippen molar-refractivity contribution in [3.05, 3.63) is 34.6 Å². The average molecular weight is 341 g/mol. The second-order valence-corrected chi connectivity index (χ2v) is 8.32. The number of fused-ring (bicyclic) bond motifs is 1. The number of rotatable bonds is 4. The van der Waals surface area contributed by atoms with Crippen LogP contribution in [0, 0.1) is 5.92 Å². The first-order valence-corrected chi connectivity index (χ1v) is 8.82. The first-order valence-electron chi connectivity index (χ1n) is 7.08. The van der Waals surface area contributed by atoms with E-state index in [1.165, 1.54) is 0 Å². The van der Waals surface area contributed by atoms with Crippen LogP contribution < -0.4 is 5.56 Å². The summed E-state index contributed by atoms with van der Waals surface area (Å²) >= 11 is 13.8. The summed E-state index contributed by atoms with van der Waals surface area (Å²) in [4.78, 5) is 17.4. The van der Waals surface area contributed by atoms with E-state index in [2.05, 4.69) is 4.98 Å². The van der Waals surface area contributed by atoms with Crippen LogP contribution in [0.15, 0.2) is 34.2 Å². The molecule has 21 heavy (non-hydrogen) atoms. The number of nitrogens with zero attached hydrogens (tertiary/aromatic N) is 2. The van der Waals surface area contributed by atoms with Crippen molar-refractivity contribution in [2.24, 2.45) is 5.92 Å². The number of thioether (sulfide) groups is 1. The molecule has 1 atom stereocenters. The lowest BCUT2D eigenvalue weighted by atomic mass is 10.2. The number of benzene rings is 1. The normalized spacial score (nSPS) is 23.4. The zero-order valence-electron chi connectivity index (χ0n) is 11.3. The van der Waals surface area contributed by atoms with Gasteiger partial charge in [0.1, 0.15) is 4.33 Å². The third-order valence-corrected chi connectivity index (χ3v) is 6.10. The van der Waals surface area contributed by atoms with Crippen LogP contribution in [0.4, 0.5) is 0 Å². The van der Waals surface area contributed by atoms with E-state index < -0.39 is 4.33 Å². The van der Waals surface area contributed by atoms with Gasteiger partial charge in [-0.05, 0) is 31.4 Å². The summed E-state index contributed by atoms with van der Waals surface area (Å²) < 4.78 is 1.29. The molecule has 3 nitrogen and oxygen atoms in total. The van der Waals surface area contributed by atoms with Crippen molar-refractivity contribution in [2.75, 3.05) is 5.75 Å². The summed E-state index contributed by atoms with van der Waals surface area (Å²) in [5.74, 6) is 1.10. The highest BCUT2D eigenvalue weighted by Gasteiger charge is 2.51. The third kappa shape index (κ3) is 2.58.